The molecule has 27 aromatic rings. The van der Waals surface area contributed by atoms with E-state index < -0.39 is 0 Å². The van der Waals surface area contributed by atoms with E-state index in [1.54, 1.807) is 6.20 Å². The maximum absolute atomic E-state index is 7.04. The average Bonchev–Trinajstić information content (AvgIpc) is 1.51. The van der Waals surface area contributed by atoms with Gasteiger partial charge in [-0.3, -0.25) is 13.2 Å². The summed E-state index contributed by atoms with van der Waals surface area (Å²) in [5.41, 5.74) is 25.3. The first-order chi connectivity index (χ1) is 56.6. The summed E-state index contributed by atoms with van der Waals surface area (Å²) >= 11 is 0. The van der Waals surface area contributed by atoms with Crippen LogP contribution in [0.15, 0.2) is 326 Å². The number of furan rings is 1. The molecule has 0 fully saturated rings. The van der Waals surface area contributed by atoms with Gasteiger partial charge in [0.05, 0.1) is 77.5 Å². The monoisotopic (exact) mass is 1450 g/mol. The van der Waals surface area contributed by atoms with Crippen molar-refractivity contribution in [3.63, 3.8) is 0 Å². The Labute approximate surface area is 643 Å². The van der Waals surface area contributed by atoms with Crippen LogP contribution >= 0.6 is 0 Å². The lowest BCUT2D eigenvalue weighted by atomic mass is 9.97. The lowest BCUT2D eigenvalue weighted by Crippen LogP contribution is -2.01. The van der Waals surface area contributed by atoms with Crippen LogP contribution in [0.3, 0.4) is 0 Å². The zero-order valence-corrected chi connectivity index (χ0v) is 60.3. The standard InChI is InChI=1S/C100H53N13O/c1-3-19-54(20-4-1)94-106-96(59-38-43-79-73(52-59)86-64-26-9-7-24-62(64)84-68-29-13-16-34-77(68)111-90(84)89(86)110(79)81-35-18-46-101-98(81)111)108-97(107-94)70-31-17-30-66-72-49-55(40-45-83(72)114-93(66)70)56-36-41-69-82(53-56)113-91-85(69)63-25-8-10-27-65(63)87-74-51-58(39-44-80(74)112(92(87)91)99-100(113)103-48-47-102-99)95-104-75-32-14-11-28-67(75)88(105-95)57-37-42-78-71(50-57)61-23-12-15-33-76(61)109(78)60-21-5-2-6-22-60/h1-53H. The molecule has 12 heterocycles. The van der Waals surface area contributed by atoms with Crippen molar-refractivity contribution < 1.29 is 4.42 Å². The van der Waals surface area contributed by atoms with Gasteiger partial charge in [-0.1, -0.05) is 188 Å². The molecule has 0 N–H and O–H groups in total. The second-order valence-corrected chi connectivity index (χ2v) is 30.1. The smallest absolute Gasteiger partial charge is 0.182 e. The van der Waals surface area contributed by atoms with E-state index in [0.29, 0.717) is 28.9 Å². The first-order valence-electron chi connectivity index (χ1n) is 38.4. The van der Waals surface area contributed by atoms with E-state index in [1.807, 2.05) is 36.7 Å². The Morgan fingerprint density at radius 1 is 0.237 bits per heavy atom. The van der Waals surface area contributed by atoms with Gasteiger partial charge in [-0.2, -0.15) is 0 Å². The van der Waals surface area contributed by atoms with Gasteiger partial charge in [-0.15, -0.1) is 0 Å². The van der Waals surface area contributed by atoms with Crippen molar-refractivity contribution in [3.8, 4) is 73.6 Å². The summed E-state index contributed by atoms with van der Waals surface area (Å²) < 4.78 is 18.9. The number of rotatable bonds is 7. The van der Waals surface area contributed by atoms with E-state index in [4.69, 9.17) is 44.3 Å². The molecule has 114 heavy (non-hydrogen) atoms. The summed E-state index contributed by atoms with van der Waals surface area (Å²) in [6, 6.07) is 108. The normalized spacial score (nSPS) is 12.6. The SMILES string of the molecule is c1ccc(-c2nc(-c3ccc4c(c3)c3c5ccccc5c5c6ccccc6n6c7ncccc7n4c3c56)nc(-c3cccc4c3oc3ccc(-c5ccc6c7c8ccccc8c8c9cc(-c%10nc(-c%11ccc%12c(c%11)c%11ccccc%11n%12-c%11ccccc%11)c%11ccccc%11n%10)ccc9n9c%10nccnc%10n(c6c5)c7c89)cc34)n2)cc1. The maximum Gasteiger partial charge on any atom is 0.182 e. The summed E-state index contributed by atoms with van der Waals surface area (Å²) in [7, 11) is 0. The number of hydrogen-bond acceptors (Lipinski definition) is 9. The van der Waals surface area contributed by atoms with Crippen LogP contribution in [0.2, 0.25) is 0 Å². The highest BCUT2D eigenvalue weighted by atomic mass is 16.3. The average molecular weight is 1450 g/mol. The van der Waals surface area contributed by atoms with Crippen LogP contribution in [0.5, 0.6) is 0 Å². The van der Waals surface area contributed by atoms with E-state index in [-0.39, 0.29) is 0 Å². The first kappa shape index (κ1) is 60.1. The molecule has 0 saturated heterocycles. The van der Waals surface area contributed by atoms with E-state index in [1.165, 1.54) is 32.3 Å². The van der Waals surface area contributed by atoms with Crippen LogP contribution in [0.4, 0.5) is 0 Å². The van der Waals surface area contributed by atoms with Gasteiger partial charge >= 0.3 is 0 Å². The van der Waals surface area contributed by atoms with Gasteiger partial charge in [0.15, 0.2) is 40.2 Å². The van der Waals surface area contributed by atoms with E-state index in [9.17, 15) is 0 Å². The fraction of sp³-hybridized carbons (Fsp3) is 0. The van der Waals surface area contributed by atoms with E-state index in [0.717, 1.165) is 198 Å². The lowest BCUT2D eigenvalue weighted by molar-refractivity contribution is 0.669. The molecular formula is C100H53N13O. The third-order valence-electron chi connectivity index (χ3n) is 24.3. The number of pyridine rings is 1. The van der Waals surface area contributed by atoms with E-state index in [2.05, 4.69) is 301 Å². The van der Waals surface area contributed by atoms with Gasteiger partial charge in [0.1, 0.15) is 11.2 Å². The molecule has 27 rings (SSSR count). The molecule has 0 aliphatic rings. The van der Waals surface area contributed by atoms with Gasteiger partial charge in [-0.05, 0) is 148 Å². The van der Waals surface area contributed by atoms with Crippen LogP contribution in [0, 0.1) is 0 Å². The fourth-order valence-electron chi connectivity index (χ4n) is 19.6. The Morgan fingerprint density at radius 2 is 0.711 bits per heavy atom. The number of aromatic nitrogens is 13. The molecule has 524 valence electrons. The minimum atomic E-state index is 0.507. The molecular weight excluding hydrogens is 1400 g/mol. The zero-order chi connectivity index (χ0) is 73.9. The highest BCUT2D eigenvalue weighted by Crippen LogP contribution is 2.51. The number of hydrogen-bond donors (Lipinski definition) is 0. The maximum atomic E-state index is 7.04. The lowest BCUT2D eigenvalue weighted by Gasteiger charge is -2.12. The molecule has 0 unspecified atom stereocenters. The summed E-state index contributed by atoms with van der Waals surface area (Å²) in [5, 5.41) is 19.1. The van der Waals surface area contributed by atoms with E-state index >= 15 is 0 Å². The second kappa shape index (κ2) is 22.0. The third-order valence-corrected chi connectivity index (χ3v) is 24.3. The predicted molar refractivity (Wildman–Crippen MR) is 462 cm³/mol. The summed E-state index contributed by atoms with van der Waals surface area (Å²) in [4.78, 5) is 42.6. The minimum Gasteiger partial charge on any atom is -0.455 e. The molecule has 12 aromatic heterocycles. The molecule has 0 amide bonds. The fourth-order valence-corrected chi connectivity index (χ4v) is 19.6. The van der Waals surface area contributed by atoms with Crippen LogP contribution < -0.4 is 0 Å². The molecule has 0 bridgehead atoms. The predicted octanol–water partition coefficient (Wildman–Crippen LogP) is 24.4. The number of fused-ring (bicyclic) bond motifs is 31. The molecule has 0 radical (unpaired) electrons. The zero-order valence-electron chi connectivity index (χ0n) is 60.3. The Morgan fingerprint density at radius 3 is 1.44 bits per heavy atom. The highest BCUT2D eigenvalue weighted by molar-refractivity contribution is 6.39. The van der Waals surface area contributed by atoms with Crippen LogP contribution in [0.25, 0.3) is 259 Å². The summed E-state index contributed by atoms with van der Waals surface area (Å²) in [5.74, 6) is 2.27. The Kier molecular flexibility index (Phi) is 11.6. The Balaban J connectivity index is 0.607. The third kappa shape index (κ3) is 7.90. The van der Waals surface area contributed by atoms with Crippen LogP contribution in [-0.2, 0) is 0 Å². The number of benzene rings is 15. The summed E-state index contributed by atoms with van der Waals surface area (Å²) in [6.07, 6.45) is 5.51. The van der Waals surface area contributed by atoms with Crippen molar-refractivity contribution in [3.05, 3.63) is 322 Å². The molecule has 0 saturated carbocycles. The topological polar surface area (TPSA) is 139 Å². The molecule has 0 spiro atoms. The van der Waals surface area contributed by atoms with Crippen LogP contribution in [-0.4, -0.2) is 62.0 Å². The molecule has 15 aromatic carbocycles. The van der Waals surface area contributed by atoms with Crippen molar-refractivity contribution >= 4 is 186 Å². The highest BCUT2D eigenvalue weighted by Gasteiger charge is 2.30. The van der Waals surface area contributed by atoms with Crippen molar-refractivity contribution in [2.45, 2.75) is 0 Å². The van der Waals surface area contributed by atoms with Gasteiger partial charge in [0.2, 0.25) is 0 Å². The van der Waals surface area contributed by atoms with Crippen molar-refractivity contribution in [1.29, 1.82) is 0 Å². The van der Waals surface area contributed by atoms with Gasteiger partial charge in [-0.25, -0.2) is 39.9 Å². The van der Waals surface area contributed by atoms with Crippen molar-refractivity contribution in [2.75, 3.05) is 0 Å². The largest absolute Gasteiger partial charge is 0.455 e. The quantitative estimate of drug-likeness (QED) is 0.143. The number of nitrogens with zero attached hydrogens (tertiary/aromatic N) is 13. The van der Waals surface area contributed by atoms with Crippen LogP contribution in [0.1, 0.15) is 0 Å². The number of para-hydroxylation sites is 5. The van der Waals surface area contributed by atoms with Crippen molar-refractivity contribution in [2.24, 2.45) is 0 Å². The Hall–Kier alpha value is -15.8. The molecule has 0 aliphatic carbocycles. The minimum absolute atomic E-state index is 0.507. The molecule has 14 nitrogen and oxygen atoms in total. The first-order valence-corrected chi connectivity index (χ1v) is 38.4. The van der Waals surface area contributed by atoms with Gasteiger partial charge < -0.3 is 13.4 Å². The van der Waals surface area contributed by atoms with Gasteiger partial charge in [0, 0.05) is 117 Å². The molecule has 14 heteroatoms. The molecule has 0 atom stereocenters. The summed E-state index contributed by atoms with van der Waals surface area (Å²) in [6.45, 7) is 0. The van der Waals surface area contributed by atoms with Crippen molar-refractivity contribution in [1.82, 2.24) is 62.0 Å². The molecule has 0 aliphatic heterocycles. The second-order valence-electron chi connectivity index (χ2n) is 30.1. The Bertz CT molecular complexity index is 8910. The van der Waals surface area contributed by atoms with Gasteiger partial charge in [0.25, 0.3) is 0 Å².